The van der Waals surface area contributed by atoms with E-state index in [0.29, 0.717) is 28.0 Å². The summed E-state index contributed by atoms with van der Waals surface area (Å²) in [5.74, 6) is 0.349. The molecule has 0 unspecified atom stereocenters. The van der Waals surface area contributed by atoms with E-state index in [4.69, 9.17) is 0 Å². The van der Waals surface area contributed by atoms with Crippen LogP contribution in [-0.4, -0.2) is 48.1 Å². The molecule has 0 aliphatic carbocycles. The number of likely N-dealkylation sites (tertiary alicyclic amines) is 1. The predicted molar refractivity (Wildman–Crippen MR) is 133 cm³/mol. The van der Waals surface area contributed by atoms with Crippen LogP contribution in [0.1, 0.15) is 32.3 Å². The molecular formula is C25H31BrN4O3. The van der Waals surface area contributed by atoms with E-state index in [-0.39, 0.29) is 5.92 Å². The zero-order chi connectivity index (χ0) is 23.6. The number of carbonyl (C=O) groups excluding carboxylic acids is 2. The second-order valence-corrected chi connectivity index (χ2v) is 10.2. The molecule has 1 fully saturated rings. The highest BCUT2D eigenvalue weighted by Gasteiger charge is 2.52. The van der Waals surface area contributed by atoms with Crippen molar-refractivity contribution in [1.29, 1.82) is 0 Å². The maximum Gasteiger partial charge on any atom is 0.329 e. The average Bonchev–Trinajstić information content (AvgIpc) is 2.80. The minimum atomic E-state index is -2.19. The van der Waals surface area contributed by atoms with Gasteiger partial charge in [-0.3, -0.25) is 9.69 Å². The maximum absolute atomic E-state index is 13.6. The van der Waals surface area contributed by atoms with Gasteiger partial charge in [0.25, 0.3) is 11.6 Å². The number of hydrogen-bond acceptors (Lipinski definition) is 4. The van der Waals surface area contributed by atoms with Crippen molar-refractivity contribution in [1.82, 2.24) is 10.2 Å². The van der Waals surface area contributed by atoms with E-state index in [1.54, 1.807) is 42.5 Å². The van der Waals surface area contributed by atoms with Crippen molar-refractivity contribution in [3.05, 3.63) is 58.6 Å². The third kappa shape index (κ3) is 4.93. The molecule has 2 atom stereocenters. The quantitative estimate of drug-likeness (QED) is 0.540. The van der Waals surface area contributed by atoms with E-state index in [1.807, 2.05) is 6.07 Å². The van der Waals surface area contributed by atoms with Crippen molar-refractivity contribution < 1.29 is 14.7 Å². The van der Waals surface area contributed by atoms with E-state index >= 15 is 0 Å². The van der Waals surface area contributed by atoms with Crippen molar-refractivity contribution >= 4 is 39.2 Å². The monoisotopic (exact) mass is 514 g/mol. The van der Waals surface area contributed by atoms with Gasteiger partial charge in [0.15, 0.2) is 0 Å². The average molecular weight is 515 g/mol. The van der Waals surface area contributed by atoms with Gasteiger partial charge < -0.3 is 20.6 Å². The number of piperidine rings is 1. The molecule has 2 aliphatic heterocycles. The van der Waals surface area contributed by atoms with Gasteiger partial charge in [0.05, 0.1) is 5.69 Å². The van der Waals surface area contributed by atoms with Crippen molar-refractivity contribution in [3.63, 3.8) is 0 Å². The molecule has 0 aromatic heterocycles. The van der Waals surface area contributed by atoms with Gasteiger partial charge in [-0.15, -0.1) is 0 Å². The summed E-state index contributed by atoms with van der Waals surface area (Å²) in [5.41, 5.74) is -1.05. The lowest BCUT2D eigenvalue weighted by Gasteiger charge is -2.43. The number of fused-ring (bicyclic) bond motifs is 1. The van der Waals surface area contributed by atoms with E-state index < -0.39 is 17.7 Å². The number of anilines is 2. The first-order chi connectivity index (χ1) is 15.8. The topological polar surface area (TPSA) is 84.9 Å². The molecule has 176 valence electrons. The Morgan fingerprint density at radius 3 is 2.64 bits per heavy atom. The Balaban J connectivity index is 1.57. The van der Waals surface area contributed by atoms with Gasteiger partial charge in [0.2, 0.25) is 0 Å². The number of para-hydroxylation sites is 1. The van der Waals surface area contributed by atoms with Crippen molar-refractivity contribution in [2.45, 2.75) is 32.4 Å². The molecule has 3 N–H and O–H groups in total. The van der Waals surface area contributed by atoms with Crippen molar-refractivity contribution in [2.24, 2.45) is 11.8 Å². The van der Waals surface area contributed by atoms with Gasteiger partial charge in [-0.1, -0.05) is 48.0 Å². The number of aliphatic hydroxyl groups is 1. The minimum absolute atomic E-state index is 0.204. The van der Waals surface area contributed by atoms with Gasteiger partial charge >= 0.3 is 6.03 Å². The summed E-state index contributed by atoms with van der Waals surface area (Å²) in [7, 11) is 0. The van der Waals surface area contributed by atoms with Crippen LogP contribution < -0.4 is 15.5 Å². The fraction of sp³-hybridized carbons (Fsp3) is 0.440. The Kier molecular flexibility index (Phi) is 7.07. The molecule has 0 spiro atoms. The first-order valence-electron chi connectivity index (χ1n) is 11.5. The number of urea groups is 1. The molecule has 4 rings (SSSR count). The van der Waals surface area contributed by atoms with Gasteiger partial charge in [-0.05, 0) is 68.1 Å². The van der Waals surface area contributed by atoms with Gasteiger partial charge in [0, 0.05) is 28.8 Å². The lowest BCUT2D eigenvalue weighted by Crippen LogP contribution is -2.63. The van der Waals surface area contributed by atoms with Crippen LogP contribution in [-0.2, 0) is 10.5 Å². The highest BCUT2D eigenvalue weighted by molar-refractivity contribution is 9.10. The summed E-state index contributed by atoms with van der Waals surface area (Å²) < 4.78 is 0.698. The SMILES string of the molecule is CC1CCN(C[C@H](C)CNC(=O)[C@]2(O)c3cc(Br)ccc3NC(=O)N2c2ccccc2)CC1. The van der Waals surface area contributed by atoms with Crippen LogP contribution >= 0.6 is 15.9 Å². The lowest BCUT2D eigenvalue weighted by atomic mass is 9.94. The van der Waals surface area contributed by atoms with Gasteiger partial charge in [-0.2, -0.15) is 0 Å². The molecule has 8 heteroatoms. The van der Waals surface area contributed by atoms with Crippen LogP contribution in [0.2, 0.25) is 0 Å². The number of nitrogens with one attached hydrogen (secondary N) is 2. The van der Waals surface area contributed by atoms with Gasteiger partial charge in [-0.25, -0.2) is 4.79 Å². The molecule has 0 saturated carbocycles. The highest BCUT2D eigenvalue weighted by atomic mass is 79.9. The molecule has 3 amide bonds. The van der Waals surface area contributed by atoms with Crippen LogP contribution in [0.4, 0.5) is 16.2 Å². The molecule has 7 nitrogen and oxygen atoms in total. The summed E-state index contributed by atoms with van der Waals surface area (Å²) in [4.78, 5) is 30.1. The van der Waals surface area contributed by atoms with Crippen LogP contribution in [0.3, 0.4) is 0 Å². The molecule has 1 saturated heterocycles. The molecule has 2 aliphatic rings. The summed E-state index contributed by atoms with van der Waals surface area (Å²) >= 11 is 3.42. The molecule has 0 radical (unpaired) electrons. The molecule has 2 aromatic rings. The number of carbonyl (C=O) groups is 2. The second-order valence-electron chi connectivity index (χ2n) is 9.26. The summed E-state index contributed by atoms with van der Waals surface area (Å²) in [6, 6.07) is 13.3. The fourth-order valence-electron chi connectivity index (χ4n) is 4.60. The molecule has 2 heterocycles. The minimum Gasteiger partial charge on any atom is -0.359 e. The van der Waals surface area contributed by atoms with Crippen LogP contribution in [0.25, 0.3) is 0 Å². The zero-order valence-electron chi connectivity index (χ0n) is 19.1. The van der Waals surface area contributed by atoms with E-state index in [0.717, 1.165) is 30.5 Å². The van der Waals surface area contributed by atoms with Crippen molar-refractivity contribution in [2.75, 3.05) is 36.4 Å². The van der Waals surface area contributed by atoms with Crippen molar-refractivity contribution in [3.8, 4) is 0 Å². The Morgan fingerprint density at radius 2 is 1.94 bits per heavy atom. The molecule has 33 heavy (non-hydrogen) atoms. The third-order valence-electron chi connectivity index (χ3n) is 6.51. The largest absolute Gasteiger partial charge is 0.359 e. The number of rotatable bonds is 6. The molecule has 0 bridgehead atoms. The third-order valence-corrected chi connectivity index (χ3v) is 7.01. The van der Waals surface area contributed by atoms with Gasteiger partial charge in [0.1, 0.15) is 0 Å². The Morgan fingerprint density at radius 1 is 1.24 bits per heavy atom. The zero-order valence-corrected chi connectivity index (χ0v) is 20.6. The van der Waals surface area contributed by atoms with Crippen LogP contribution in [0.5, 0.6) is 0 Å². The Bertz CT molecular complexity index is 1010. The number of halogens is 1. The summed E-state index contributed by atoms with van der Waals surface area (Å²) in [6.45, 7) is 7.82. The van der Waals surface area contributed by atoms with E-state index in [2.05, 4.69) is 45.3 Å². The molecular weight excluding hydrogens is 484 g/mol. The Labute approximate surface area is 203 Å². The number of amides is 3. The lowest BCUT2D eigenvalue weighted by molar-refractivity contribution is -0.140. The Hall–Kier alpha value is -2.42. The highest BCUT2D eigenvalue weighted by Crippen LogP contribution is 2.40. The van der Waals surface area contributed by atoms with Crippen LogP contribution in [0, 0.1) is 11.8 Å². The standard InChI is InChI=1S/C25H31BrN4O3/c1-17-10-12-29(13-11-17)16-18(2)15-27-23(31)25(33)21-14-19(26)8-9-22(21)28-24(32)30(25)20-6-4-3-5-7-20/h3-9,14,17-18,33H,10-13,15-16H2,1-2H3,(H,27,31)(H,28,32)/t18-,25-/m1/s1. The maximum atomic E-state index is 13.6. The summed E-state index contributed by atoms with van der Waals surface area (Å²) in [5, 5.41) is 17.6. The van der Waals surface area contributed by atoms with E-state index in [1.165, 1.54) is 12.8 Å². The number of hydrogen-bond donors (Lipinski definition) is 3. The van der Waals surface area contributed by atoms with Crippen LogP contribution in [0.15, 0.2) is 53.0 Å². The van der Waals surface area contributed by atoms with E-state index in [9.17, 15) is 14.7 Å². The first kappa shape index (κ1) is 23.7. The number of nitrogens with zero attached hydrogens (tertiary/aromatic N) is 2. The predicted octanol–water partition coefficient (Wildman–Crippen LogP) is 4.13. The smallest absolute Gasteiger partial charge is 0.329 e. The normalized spacial score (nSPS) is 22.4. The fourth-order valence-corrected chi connectivity index (χ4v) is 4.96. The summed E-state index contributed by atoms with van der Waals surface area (Å²) in [6.07, 6.45) is 2.40. The second kappa shape index (κ2) is 9.83. The molecule has 2 aromatic carbocycles. The first-order valence-corrected chi connectivity index (χ1v) is 12.3. The number of benzene rings is 2.